The van der Waals surface area contributed by atoms with Crippen LogP contribution in [0, 0.1) is 5.82 Å². The topological polar surface area (TPSA) is 29.3 Å². The van der Waals surface area contributed by atoms with Crippen molar-refractivity contribution < 1.29 is 4.39 Å². The Hall–Kier alpha value is -0.930. The lowest BCUT2D eigenvalue weighted by Gasteiger charge is -2.37. The summed E-state index contributed by atoms with van der Waals surface area (Å²) >= 11 is 0. The fourth-order valence-corrected chi connectivity index (χ4v) is 3.13. The highest BCUT2D eigenvalue weighted by Gasteiger charge is 2.31. The van der Waals surface area contributed by atoms with E-state index in [1.807, 2.05) is 12.1 Å². The number of hydrogen-bond acceptors (Lipinski definition) is 2. The first-order valence-corrected chi connectivity index (χ1v) is 7.42. The molecule has 1 unspecified atom stereocenters. The number of likely N-dealkylation sites (tertiary alicyclic amines) is 1. The standard InChI is InChI=1S/C16H25FN2/c1-2-10-16(18,13-19-11-6-3-7-12-19)14-8-4-5-9-15(14)17/h4-5,8-9H,2-3,6-7,10-13,18H2,1H3. The molecule has 2 rings (SSSR count). The fourth-order valence-electron chi connectivity index (χ4n) is 3.13. The average Bonchev–Trinajstić information content (AvgIpc) is 2.40. The van der Waals surface area contributed by atoms with E-state index in [9.17, 15) is 4.39 Å². The summed E-state index contributed by atoms with van der Waals surface area (Å²) in [6.45, 7) is 5.06. The molecule has 1 aliphatic heterocycles. The van der Waals surface area contributed by atoms with Crippen LogP contribution in [0.15, 0.2) is 24.3 Å². The fraction of sp³-hybridized carbons (Fsp3) is 0.625. The van der Waals surface area contributed by atoms with E-state index in [1.54, 1.807) is 6.07 Å². The first kappa shape index (κ1) is 14.5. The van der Waals surface area contributed by atoms with Gasteiger partial charge in [-0.3, -0.25) is 0 Å². The minimum atomic E-state index is -0.558. The smallest absolute Gasteiger partial charge is 0.128 e. The summed E-state index contributed by atoms with van der Waals surface area (Å²) in [6, 6.07) is 6.97. The van der Waals surface area contributed by atoms with E-state index in [-0.39, 0.29) is 5.82 Å². The number of benzene rings is 1. The normalized spacial score (nSPS) is 20.2. The summed E-state index contributed by atoms with van der Waals surface area (Å²) in [6.07, 6.45) is 5.57. The molecule has 19 heavy (non-hydrogen) atoms. The molecule has 106 valence electrons. The second kappa shape index (κ2) is 6.49. The van der Waals surface area contributed by atoms with Gasteiger partial charge in [0.15, 0.2) is 0 Å². The highest BCUT2D eigenvalue weighted by atomic mass is 19.1. The minimum absolute atomic E-state index is 0.171. The van der Waals surface area contributed by atoms with Gasteiger partial charge >= 0.3 is 0 Å². The molecule has 0 aliphatic carbocycles. The third-order valence-electron chi connectivity index (χ3n) is 4.06. The summed E-state index contributed by atoms with van der Waals surface area (Å²) < 4.78 is 14.1. The van der Waals surface area contributed by atoms with Gasteiger partial charge in [0.25, 0.3) is 0 Å². The summed E-state index contributed by atoms with van der Waals surface area (Å²) in [5.74, 6) is -0.171. The largest absolute Gasteiger partial charge is 0.320 e. The van der Waals surface area contributed by atoms with Gasteiger partial charge in [0, 0.05) is 12.1 Å². The van der Waals surface area contributed by atoms with Crippen LogP contribution in [0.4, 0.5) is 4.39 Å². The van der Waals surface area contributed by atoms with Crippen molar-refractivity contribution in [1.29, 1.82) is 0 Å². The minimum Gasteiger partial charge on any atom is -0.320 e. The molecule has 1 aromatic carbocycles. The molecule has 0 spiro atoms. The molecular weight excluding hydrogens is 239 g/mol. The lowest BCUT2D eigenvalue weighted by Crippen LogP contribution is -2.49. The van der Waals surface area contributed by atoms with Crippen LogP contribution >= 0.6 is 0 Å². The molecule has 2 N–H and O–H groups in total. The van der Waals surface area contributed by atoms with E-state index in [2.05, 4.69) is 11.8 Å². The maximum absolute atomic E-state index is 14.1. The highest BCUT2D eigenvalue weighted by molar-refractivity contribution is 5.26. The maximum atomic E-state index is 14.1. The van der Waals surface area contributed by atoms with Gasteiger partial charge in [0.1, 0.15) is 5.82 Å². The Labute approximate surface area is 115 Å². The summed E-state index contributed by atoms with van der Waals surface area (Å²) in [5, 5.41) is 0. The Balaban J connectivity index is 2.18. The van der Waals surface area contributed by atoms with Crippen molar-refractivity contribution in [2.24, 2.45) is 5.73 Å². The number of piperidine rings is 1. The predicted octanol–water partition coefficient (Wildman–Crippen LogP) is 3.27. The van der Waals surface area contributed by atoms with Gasteiger partial charge in [-0.2, -0.15) is 0 Å². The molecule has 0 radical (unpaired) electrons. The van der Waals surface area contributed by atoms with Gasteiger partial charge in [0.2, 0.25) is 0 Å². The van der Waals surface area contributed by atoms with Crippen LogP contribution in [0.2, 0.25) is 0 Å². The van der Waals surface area contributed by atoms with Crippen molar-refractivity contribution in [3.63, 3.8) is 0 Å². The van der Waals surface area contributed by atoms with Crippen molar-refractivity contribution in [1.82, 2.24) is 4.90 Å². The third kappa shape index (κ3) is 3.54. The molecule has 0 bridgehead atoms. The molecular formula is C16H25FN2. The van der Waals surface area contributed by atoms with Gasteiger partial charge in [-0.25, -0.2) is 4.39 Å². The van der Waals surface area contributed by atoms with Crippen LogP contribution < -0.4 is 5.73 Å². The van der Waals surface area contributed by atoms with Gasteiger partial charge < -0.3 is 10.6 Å². The third-order valence-corrected chi connectivity index (χ3v) is 4.06. The first-order chi connectivity index (χ1) is 9.15. The number of rotatable bonds is 5. The Morgan fingerprint density at radius 3 is 2.53 bits per heavy atom. The highest BCUT2D eigenvalue weighted by Crippen LogP contribution is 2.28. The van der Waals surface area contributed by atoms with E-state index < -0.39 is 5.54 Å². The molecule has 0 amide bonds. The first-order valence-electron chi connectivity index (χ1n) is 7.42. The Bertz CT molecular complexity index is 401. The van der Waals surface area contributed by atoms with Gasteiger partial charge in [-0.1, -0.05) is 38.0 Å². The Morgan fingerprint density at radius 1 is 1.21 bits per heavy atom. The Kier molecular flexibility index (Phi) is 4.94. The van der Waals surface area contributed by atoms with Crippen molar-refractivity contribution in [3.05, 3.63) is 35.6 Å². The van der Waals surface area contributed by atoms with E-state index >= 15 is 0 Å². The SMILES string of the molecule is CCCC(N)(CN1CCCCC1)c1ccccc1F. The monoisotopic (exact) mass is 264 g/mol. The average molecular weight is 264 g/mol. The molecule has 1 saturated heterocycles. The summed E-state index contributed by atoms with van der Waals surface area (Å²) in [4.78, 5) is 2.39. The van der Waals surface area contributed by atoms with Crippen molar-refractivity contribution in [2.45, 2.75) is 44.6 Å². The number of nitrogens with two attached hydrogens (primary N) is 1. The molecule has 0 aromatic heterocycles. The van der Waals surface area contributed by atoms with Gasteiger partial charge in [-0.05, 0) is 38.4 Å². The molecule has 1 heterocycles. The molecule has 0 saturated carbocycles. The van der Waals surface area contributed by atoms with E-state index in [1.165, 1.54) is 25.3 Å². The predicted molar refractivity (Wildman–Crippen MR) is 77.5 cm³/mol. The van der Waals surface area contributed by atoms with E-state index in [0.29, 0.717) is 5.56 Å². The van der Waals surface area contributed by atoms with Crippen molar-refractivity contribution in [2.75, 3.05) is 19.6 Å². The van der Waals surface area contributed by atoms with Crippen LogP contribution in [-0.2, 0) is 5.54 Å². The zero-order valence-electron chi connectivity index (χ0n) is 11.9. The van der Waals surface area contributed by atoms with Crippen LogP contribution in [0.25, 0.3) is 0 Å². The van der Waals surface area contributed by atoms with Crippen LogP contribution in [0.3, 0.4) is 0 Å². The molecule has 1 aromatic rings. The summed E-state index contributed by atoms with van der Waals surface area (Å²) in [7, 11) is 0. The van der Waals surface area contributed by atoms with E-state index in [0.717, 1.165) is 32.5 Å². The second-order valence-electron chi connectivity index (χ2n) is 5.72. The zero-order valence-corrected chi connectivity index (χ0v) is 11.9. The molecule has 1 aliphatic rings. The van der Waals surface area contributed by atoms with Crippen LogP contribution in [0.1, 0.15) is 44.6 Å². The van der Waals surface area contributed by atoms with E-state index in [4.69, 9.17) is 5.73 Å². The lowest BCUT2D eigenvalue weighted by molar-refractivity contribution is 0.168. The zero-order chi connectivity index (χ0) is 13.7. The maximum Gasteiger partial charge on any atom is 0.128 e. The number of nitrogens with zero attached hydrogens (tertiary/aromatic N) is 1. The quantitative estimate of drug-likeness (QED) is 0.884. The molecule has 2 nitrogen and oxygen atoms in total. The number of halogens is 1. The lowest BCUT2D eigenvalue weighted by atomic mass is 9.85. The molecule has 1 atom stereocenters. The molecule has 1 fully saturated rings. The van der Waals surface area contributed by atoms with Gasteiger partial charge in [0.05, 0.1) is 5.54 Å². The van der Waals surface area contributed by atoms with Gasteiger partial charge in [-0.15, -0.1) is 0 Å². The molecule has 3 heteroatoms. The van der Waals surface area contributed by atoms with Crippen molar-refractivity contribution >= 4 is 0 Å². The second-order valence-corrected chi connectivity index (χ2v) is 5.72. The Morgan fingerprint density at radius 2 is 1.89 bits per heavy atom. The van der Waals surface area contributed by atoms with Crippen LogP contribution in [-0.4, -0.2) is 24.5 Å². The summed E-state index contributed by atoms with van der Waals surface area (Å²) in [5.41, 5.74) is 6.69. The number of hydrogen-bond donors (Lipinski definition) is 1. The van der Waals surface area contributed by atoms with Crippen molar-refractivity contribution in [3.8, 4) is 0 Å². The van der Waals surface area contributed by atoms with Crippen LogP contribution in [0.5, 0.6) is 0 Å².